The molecule has 1 unspecified atom stereocenters. The first kappa shape index (κ1) is 16.8. The molecule has 1 saturated heterocycles. The van der Waals surface area contributed by atoms with Gasteiger partial charge in [-0.05, 0) is 19.0 Å². The third-order valence-electron chi connectivity index (χ3n) is 4.28. The summed E-state index contributed by atoms with van der Waals surface area (Å²) in [5.74, 6) is 1.34. The topological polar surface area (TPSA) is 45.5 Å². The van der Waals surface area contributed by atoms with Gasteiger partial charge in [0.1, 0.15) is 11.3 Å². The monoisotopic (exact) mass is 322 g/mol. The normalized spacial score (nSPS) is 17.5. The summed E-state index contributed by atoms with van der Waals surface area (Å²) in [5.41, 5.74) is 2.06. The average Bonchev–Trinajstić information content (AvgIpc) is 3.14. The summed E-state index contributed by atoms with van der Waals surface area (Å²) in [6.07, 6.45) is 1.78. The molecule has 0 radical (unpaired) electrons. The summed E-state index contributed by atoms with van der Waals surface area (Å²) >= 11 is 0. The molecule has 0 aliphatic carbocycles. The van der Waals surface area contributed by atoms with E-state index in [9.17, 15) is 4.79 Å². The lowest BCUT2D eigenvalue weighted by Gasteiger charge is -2.20. The predicted octanol–water partition coefficient (Wildman–Crippen LogP) is 2.98. The molecule has 1 aromatic carbocycles. The Bertz CT molecular complexity index is 647. The van der Waals surface area contributed by atoms with Crippen LogP contribution in [-0.4, -0.2) is 30.9 Å². The van der Waals surface area contributed by atoms with E-state index in [1.807, 2.05) is 30.1 Å². The molecule has 1 atom stereocenters. The second-order valence-electron chi connectivity index (χ2n) is 5.74. The summed E-state index contributed by atoms with van der Waals surface area (Å²) in [6.45, 7) is 4.45. The minimum atomic E-state index is 0. The number of carbonyl (C=O) groups excluding carboxylic acids is 1. The van der Waals surface area contributed by atoms with Gasteiger partial charge < -0.3 is 14.6 Å². The molecule has 3 rings (SSSR count). The zero-order valence-electron chi connectivity index (χ0n) is 13.1. The molecular weight excluding hydrogens is 300 g/mol. The molecule has 2 heterocycles. The quantitative estimate of drug-likeness (QED) is 0.941. The van der Waals surface area contributed by atoms with Crippen molar-refractivity contribution in [3.8, 4) is 0 Å². The van der Waals surface area contributed by atoms with Crippen LogP contribution in [0.5, 0.6) is 0 Å². The molecule has 4 nitrogen and oxygen atoms in total. The molecule has 0 bridgehead atoms. The van der Waals surface area contributed by atoms with Crippen LogP contribution < -0.4 is 5.32 Å². The molecule has 120 valence electrons. The number of para-hydroxylation sites is 1. The van der Waals surface area contributed by atoms with Crippen molar-refractivity contribution in [3.05, 3.63) is 35.6 Å². The summed E-state index contributed by atoms with van der Waals surface area (Å²) < 4.78 is 5.90. The Morgan fingerprint density at radius 3 is 2.86 bits per heavy atom. The van der Waals surface area contributed by atoms with Crippen LogP contribution in [0.1, 0.15) is 24.7 Å². The van der Waals surface area contributed by atoms with Crippen LogP contribution >= 0.6 is 12.4 Å². The van der Waals surface area contributed by atoms with Gasteiger partial charge >= 0.3 is 0 Å². The Morgan fingerprint density at radius 1 is 1.41 bits per heavy atom. The van der Waals surface area contributed by atoms with Crippen LogP contribution in [0.3, 0.4) is 0 Å². The first-order valence-corrected chi connectivity index (χ1v) is 7.65. The van der Waals surface area contributed by atoms with Gasteiger partial charge in [-0.3, -0.25) is 4.79 Å². The fourth-order valence-electron chi connectivity index (χ4n) is 3.10. The van der Waals surface area contributed by atoms with Crippen molar-refractivity contribution >= 4 is 29.3 Å². The van der Waals surface area contributed by atoms with Gasteiger partial charge in [0, 0.05) is 37.5 Å². The van der Waals surface area contributed by atoms with Crippen molar-refractivity contribution in [2.24, 2.45) is 5.92 Å². The van der Waals surface area contributed by atoms with Crippen LogP contribution in [0.15, 0.2) is 28.7 Å². The van der Waals surface area contributed by atoms with Crippen molar-refractivity contribution in [1.29, 1.82) is 0 Å². The summed E-state index contributed by atoms with van der Waals surface area (Å²) in [5, 5.41) is 4.38. The van der Waals surface area contributed by atoms with Crippen molar-refractivity contribution in [3.63, 3.8) is 0 Å². The van der Waals surface area contributed by atoms with Gasteiger partial charge in [0.05, 0.1) is 5.92 Å². The first-order valence-electron chi connectivity index (χ1n) is 7.65. The smallest absolute Gasteiger partial charge is 0.227 e. The van der Waals surface area contributed by atoms with E-state index in [1.165, 1.54) is 0 Å². The van der Waals surface area contributed by atoms with Crippen LogP contribution in [0.4, 0.5) is 0 Å². The molecule has 2 aromatic rings. The fraction of sp³-hybridized carbons (Fsp3) is 0.471. The highest BCUT2D eigenvalue weighted by Crippen LogP contribution is 2.27. The Morgan fingerprint density at radius 2 is 2.18 bits per heavy atom. The predicted molar refractivity (Wildman–Crippen MR) is 90.3 cm³/mol. The third kappa shape index (κ3) is 3.13. The lowest BCUT2D eigenvalue weighted by Crippen LogP contribution is -2.33. The fourth-order valence-corrected chi connectivity index (χ4v) is 3.10. The van der Waals surface area contributed by atoms with Gasteiger partial charge in [-0.2, -0.15) is 0 Å². The maximum Gasteiger partial charge on any atom is 0.227 e. The number of carbonyl (C=O) groups is 1. The number of nitrogens with zero attached hydrogens (tertiary/aromatic N) is 1. The van der Waals surface area contributed by atoms with Gasteiger partial charge in [0.25, 0.3) is 0 Å². The molecule has 1 aliphatic heterocycles. The lowest BCUT2D eigenvalue weighted by molar-refractivity contribution is -0.134. The van der Waals surface area contributed by atoms with Crippen LogP contribution in [0.25, 0.3) is 11.0 Å². The summed E-state index contributed by atoms with van der Waals surface area (Å²) in [6, 6.07) is 8.06. The SMILES string of the molecule is CCc1oc2ccccc2c1CN(C)C(=O)C1CCNC1.Cl. The van der Waals surface area contributed by atoms with E-state index in [0.717, 1.165) is 48.2 Å². The van der Waals surface area contributed by atoms with E-state index in [-0.39, 0.29) is 24.2 Å². The molecule has 1 amide bonds. The highest BCUT2D eigenvalue weighted by molar-refractivity contribution is 5.85. The van der Waals surface area contributed by atoms with Gasteiger partial charge in [-0.1, -0.05) is 25.1 Å². The third-order valence-corrected chi connectivity index (χ3v) is 4.28. The molecular formula is C17H23ClN2O2. The van der Waals surface area contributed by atoms with Gasteiger partial charge in [0.15, 0.2) is 0 Å². The standard InChI is InChI=1S/C17H22N2O2.ClH/c1-3-15-14(13-6-4-5-7-16(13)21-15)11-19(2)17(20)12-8-9-18-10-12;/h4-7,12,18H,3,8-11H2,1-2H3;1H. The van der Waals surface area contributed by atoms with E-state index in [1.54, 1.807) is 0 Å². The number of hydrogen-bond donors (Lipinski definition) is 1. The Kier molecular flexibility index (Phi) is 5.48. The van der Waals surface area contributed by atoms with Crippen molar-refractivity contribution in [2.75, 3.05) is 20.1 Å². The maximum atomic E-state index is 12.5. The molecule has 22 heavy (non-hydrogen) atoms. The number of aryl methyl sites for hydroxylation is 1. The minimum absolute atomic E-state index is 0. The number of amides is 1. The Labute approximate surface area is 137 Å². The Hall–Kier alpha value is -1.52. The highest BCUT2D eigenvalue weighted by atomic mass is 35.5. The van der Waals surface area contributed by atoms with Gasteiger partial charge in [-0.15, -0.1) is 12.4 Å². The molecule has 1 aliphatic rings. The highest BCUT2D eigenvalue weighted by Gasteiger charge is 2.26. The molecule has 0 spiro atoms. The minimum Gasteiger partial charge on any atom is -0.461 e. The molecule has 1 fully saturated rings. The van der Waals surface area contributed by atoms with E-state index in [0.29, 0.717) is 6.54 Å². The number of rotatable bonds is 4. The van der Waals surface area contributed by atoms with E-state index in [4.69, 9.17) is 4.42 Å². The zero-order valence-corrected chi connectivity index (χ0v) is 13.9. The van der Waals surface area contributed by atoms with Crippen molar-refractivity contribution in [1.82, 2.24) is 10.2 Å². The number of furan rings is 1. The van der Waals surface area contributed by atoms with E-state index in [2.05, 4.69) is 18.3 Å². The average molecular weight is 323 g/mol. The van der Waals surface area contributed by atoms with Crippen molar-refractivity contribution < 1.29 is 9.21 Å². The van der Waals surface area contributed by atoms with Crippen LogP contribution in [0.2, 0.25) is 0 Å². The second kappa shape index (κ2) is 7.16. The van der Waals surface area contributed by atoms with Gasteiger partial charge in [-0.25, -0.2) is 0 Å². The zero-order chi connectivity index (χ0) is 14.8. The van der Waals surface area contributed by atoms with E-state index < -0.39 is 0 Å². The largest absolute Gasteiger partial charge is 0.461 e. The summed E-state index contributed by atoms with van der Waals surface area (Å²) in [4.78, 5) is 14.3. The molecule has 1 N–H and O–H groups in total. The number of fused-ring (bicyclic) bond motifs is 1. The number of halogens is 1. The number of nitrogens with one attached hydrogen (secondary N) is 1. The van der Waals surface area contributed by atoms with E-state index >= 15 is 0 Å². The lowest BCUT2D eigenvalue weighted by atomic mass is 10.1. The number of benzene rings is 1. The van der Waals surface area contributed by atoms with Crippen LogP contribution in [-0.2, 0) is 17.8 Å². The summed E-state index contributed by atoms with van der Waals surface area (Å²) in [7, 11) is 1.89. The first-order chi connectivity index (χ1) is 10.2. The molecule has 0 saturated carbocycles. The van der Waals surface area contributed by atoms with Crippen LogP contribution in [0, 0.1) is 5.92 Å². The maximum absolute atomic E-state index is 12.5. The van der Waals surface area contributed by atoms with Gasteiger partial charge in [0.2, 0.25) is 5.91 Å². The number of hydrogen-bond acceptors (Lipinski definition) is 3. The molecule has 5 heteroatoms. The van der Waals surface area contributed by atoms with Crippen molar-refractivity contribution in [2.45, 2.75) is 26.3 Å². The molecule has 1 aromatic heterocycles. The Balaban J connectivity index is 0.00000176. The second-order valence-corrected chi connectivity index (χ2v) is 5.74.